The van der Waals surface area contributed by atoms with Gasteiger partial charge in [0.1, 0.15) is 5.75 Å². The Morgan fingerprint density at radius 1 is 1.34 bits per heavy atom. The van der Waals surface area contributed by atoms with Gasteiger partial charge in [-0.05, 0) is 55.7 Å². The van der Waals surface area contributed by atoms with Gasteiger partial charge in [0.15, 0.2) is 10.8 Å². The average molecular weight is 455 g/mol. The Bertz CT molecular complexity index is 1140. The van der Waals surface area contributed by atoms with E-state index in [4.69, 9.17) is 9.47 Å². The zero-order chi connectivity index (χ0) is 22.5. The molecule has 1 aliphatic heterocycles. The number of fused-ring (bicyclic) bond motifs is 1. The number of pyridine rings is 1. The lowest BCUT2D eigenvalue weighted by Crippen LogP contribution is -2.31. The second-order valence-corrected chi connectivity index (χ2v) is 8.72. The maximum atomic E-state index is 13.2. The highest BCUT2D eigenvalue weighted by molar-refractivity contribution is 8.00. The van der Waals surface area contributed by atoms with Crippen LogP contribution in [0.3, 0.4) is 0 Å². The van der Waals surface area contributed by atoms with E-state index in [-0.39, 0.29) is 17.6 Å². The zero-order valence-corrected chi connectivity index (χ0v) is 18.9. The van der Waals surface area contributed by atoms with Crippen molar-refractivity contribution in [2.45, 2.75) is 49.2 Å². The Kier molecular flexibility index (Phi) is 7.06. The van der Waals surface area contributed by atoms with Gasteiger partial charge in [-0.3, -0.25) is 14.2 Å². The first-order chi connectivity index (χ1) is 15.6. The van der Waals surface area contributed by atoms with Crippen molar-refractivity contribution < 1.29 is 14.3 Å². The maximum Gasteiger partial charge on any atom is 0.263 e. The van der Waals surface area contributed by atoms with Crippen molar-refractivity contribution >= 4 is 34.4 Å². The Morgan fingerprint density at radius 3 is 2.84 bits per heavy atom. The predicted molar refractivity (Wildman–Crippen MR) is 124 cm³/mol. The van der Waals surface area contributed by atoms with Crippen LogP contribution < -0.4 is 15.6 Å². The minimum atomic E-state index is -0.430. The highest BCUT2D eigenvalue weighted by Crippen LogP contribution is 2.27. The van der Waals surface area contributed by atoms with Gasteiger partial charge in [0.05, 0.1) is 30.4 Å². The third-order valence-corrected chi connectivity index (χ3v) is 6.73. The summed E-state index contributed by atoms with van der Waals surface area (Å²) in [5.74, 6) is 0.567. The van der Waals surface area contributed by atoms with Crippen LogP contribution in [0.25, 0.3) is 11.0 Å². The van der Waals surface area contributed by atoms with Crippen molar-refractivity contribution in [3.05, 3.63) is 52.9 Å². The summed E-state index contributed by atoms with van der Waals surface area (Å²) in [4.78, 5) is 35.1. The molecule has 1 saturated heterocycles. The second kappa shape index (κ2) is 10.1. The number of amides is 1. The van der Waals surface area contributed by atoms with Crippen molar-refractivity contribution in [1.82, 2.24) is 14.5 Å². The Balaban J connectivity index is 1.61. The van der Waals surface area contributed by atoms with Gasteiger partial charge in [-0.15, -0.1) is 0 Å². The summed E-state index contributed by atoms with van der Waals surface area (Å²) in [5, 5.41) is 3.45. The quantitative estimate of drug-likeness (QED) is 0.411. The van der Waals surface area contributed by atoms with E-state index < -0.39 is 5.25 Å². The lowest BCUT2D eigenvalue weighted by molar-refractivity contribution is -0.115. The monoisotopic (exact) mass is 454 g/mol. The number of thioether (sulfide) groups is 1. The summed E-state index contributed by atoms with van der Waals surface area (Å²) in [5.41, 5.74) is 0.903. The number of carbonyl (C=O) groups excluding carboxylic acids is 1. The zero-order valence-electron chi connectivity index (χ0n) is 18.1. The molecule has 1 N–H and O–H groups in total. The fraction of sp³-hybridized carbons (Fsp3) is 0.391. The third kappa shape index (κ3) is 4.94. The lowest BCUT2D eigenvalue weighted by Gasteiger charge is -2.19. The molecule has 1 aromatic carbocycles. The van der Waals surface area contributed by atoms with Gasteiger partial charge >= 0.3 is 0 Å². The van der Waals surface area contributed by atoms with Gasteiger partial charge in [-0.1, -0.05) is 18.7 Å². The summed E-state index contributed by atoms with van der Waals surface area (Å²) in [6.07, 6.45) is 4.03. The van der Waals surface area contributed by atoms with E-state index in [1.165, 1.54) is 11.8 Å². The standard InChI is InChI=1S/C23H26N4O4S/c1-3-19(21(28)25-15-8-10-16(30-2)11-9-15)32-23-26-20-18(7-4-12-24-20)22(29)27(23)14-17-6-5-13-31-17/h4,7-12,17,19H,3,5-6,13-14H2,1-2H3,(H,25,28)/t17-,19-/m0/s1. The molecule has 0 radical (unpaired) electrons. The predicted octanol–water partition coefficient (Wildman–Crippen LogP) is 3.49. The molecule has 0 unspecified atom stereocenters. The minimum Gasteiger partial charge on any atom is -0.497 e. The van der Waals surface area contributed by atoms with Gasteiger partial charge in [0.25, 0.3) is 5.56 Å². The van der Waals surface area contributed by atoms with Crippen molar-refractivity contribution in [2.75, 3.05) is 19.0 Å². The Labute approximate surface area is 190 Å². The summed E-state index contributed by atoms with van der Waals surface area (Å²) in [6, 6.07) is 10.6. The molecular formula is C23H26N4O4S. The highest BCUT2D eigenvalue weighted by Gasteiger charge is 2.25. The van der Waals surface area contributed by atoms with Crippen LogP contribution in [0.2, 0.25) is 0 Å². The van der Waals surface area contributed by atoms with Crippen molar-refractivity contribution in [3.63, 3.8) is 0 Å². The number of hydrogen-bond donors (Lipinski definition) is 1. The van der Waals surface area contributed by atoms with Crippen LogP contribution in [-0.2, 0) is 16.1 Å². The highest BCUT2D eigenvalue weighted by atomic mass is 32.2. The summed E-state index contributed by atoms with van der Waals surface area (Å²) in [7, 11) is 1.60. The number of rotatable bonds is 8. The number of ether oxygens (including phenoxy) is 2. The topological polar surface area (TPSA) is 95.3 Å². The molecule has 0 aliphatic carbocycles. The Hall–Kier alpha value is -2.91. The molecule has 2 aromatic heterocycles. The smallest absolute Gasteiger partial charge is 0.263 e. The number of carbonyl (C=O) groups is 1. The molecule has 8 nitrogen and oxygen atoms in total. The number of nitrogens with zero attached hydrogens (tertiary/aromatic N) is 3. The second-order valence-electron chi connectivity index (χ2n) is 7.55. The average Bonchev–Trinajstić information content (AvgIpc) is 3.33. The van der Waals surface area contributed by atoms with Crippen LogP contribution in [0.1, 0.15) is 26.2 Å². The molecule has 32 heavy (non-hydrogen) atoms. The number of anilines is 1. The van der Waals surface area contributed by atoms with Crippen molar-refractivity contribution in [3.8, 4) is 5.75 Å². The van der Waals surface area contributed by atoms with Crippen LogP contribution in [0.4, 0.5) is 5.69 Å². The molecule has 9 heteroatoms. The Morgan fingerprint density at radius 2 is 2.16 bits per heavy atom. The van der Waals surface area contributed by atoms with E-state index >= 15 is 0 Å². The molecule has 0 bridgehead atoms. The molecule has 1 aliphatic rings. The van der Waals surface area contributed by atoms with Crippen LogP contribution in [0.5, 0.6) is 5.75 Å². The molecular weight excluding hydrogens is 428 g/mol. The molecule has 4 rings (SSSR count). The molecule has 1 fully saturated rings. The first-order valence-electron chi connectivity index (χ1n) is 10.7. The number of nitrogens with one attached hydrogen (secondary N) is 1. The first kappa shape index (κ1) is 22.3. The van der Waals surface area contributed by atoms with Gasteiger partial charge in [0, 0.05) is 18.5 Å². The maximum absolute atomic E-state index is 13.2. The van der Waals surface area contributed by atoms with Crippen molar-refractivity contribution in [1.29, 1.82) is 0 Å². The third-order valence-electron chi connectivity index (χ3n) is 5.37. The molecule has 1 amide bonds. The van der Waals surface area contributed by atoms with Gasteiger partial charge in [0.2, 0.25) is 5.91 Å². The SMILES string of the molecule is CC[C@H](Sc1nc2ncccc2c(=O)n1C[C@@H]1CCCO1)C(=O)Nc1ccc(OC)cc1. The van der Waals surface area contributed by atoms with Gasteiger partial charge < -0.3 is 14.8 Å². The normalized spacial score (nSPS) is 16.8. The summed E-state index contributed by atoms with van der Waals surface area (Å²) in [6.45, 7) is 3.05. The molecule has 2 atom stereocenters. The van der Waals surface area contributed by atoms with Crippen molar-refractivity contribution in [2.24, 2.45) is 0 Å². The number of hydrogen-bond acceptors (Lipinski definition) is 7. The van der Waals surface area contributed by atoms with Crippen LogP contribution in [0, 0.1) is 0 Å². The molecule has 168 valence electrons. The fourth-order valence-electron chi connectivity index (χ4n) is 3.63. The largest absolute Gasteiger partial charge is 0.497 e. The molecule has 0 saturated carbocycles. The van der Waals surface area contributed by atoms with Gasteiger partial charge in [-0.25, -0.2) is 9.97 Å². The number of methoxy groups -OCH3 is 1. The summed E-state index contributed by atoms with van der Waals surface area (Å²) >= 11 is 1.28. The van der Waals surface area contributed by atoms with Crippen LogP contribution >= 0.6 is 11.8 Å². The van der Waals surface area contributed by atoms with E-state index in [2.05, 4.69) is 15.3 Å². The van der Waals surface area contributed by atoms with Crippen LogP contribution in [0.15, 0.2) is 52.5 Å². The van der Waals surface area contributed by atoms with Gasteiger partial charge in [-0.2, -0.15) is 0 Å². The van der Waals surface area contributed by atoms with E-state index in [0.29, 0.717) is 41.4 Å². The first-order valence-corrected chi connectivity index (χ1v) is 11.6. The molecule has 0 spiro atoms. The lowest BCUT2D eigenvalue weighted by atomic mass is 10.2. The summed E-state index contributed by atoms with van der Waals surface area (Å²) < 4.78 is 12.5. The number of aromatic nitrogens is 3. The minimum absolute atomic E-state index is 0.0313. The van der Waals surface area contributed by atoms with Crippen LogP contribution in [-0.4, -0.2) is 45.5 Å². The molecule has 3 aromatic rings. The van der Waals surface area contributed by atoms with E-state index in [1.54, 1.807) is 54.3 Å². The van der Waals surface area contributed by atoms with E-state index in [0.717, 1.165) is 18.6 Å². The fourth-order valence-corrected chi connectivity index (χ4v) is 4.64. The molecule has 3 heterocycles. The number of benzene rings is 1. The van der Waals surface area contributed by atoms with E-state index in [1.807, 2.05) is 6.92 Å². The van der Waals surface area contributed by atoms with E-state index in [9.17, 15) is 9.59 Å².